The van der Waals surface area contributed by atoms with Crippen molar-refractivity contribution in [1.82, 2.24) is 10.3 Å². The van der Waals surface area contributed by atoms with Gasteiger partial charge in [-0.05, 0) is 48.7 Å². The molecule has 0 saturated heterocycles. The van der Waals surface area contributed by atoms with Gasteiger partial charge in [-0.3, -0.25) is 9.59 Å². The van der Waals surface area contributed by atoms with E-state index in [1.165, 1.54) is 38.5 Å². The molecule has 8 heteroatoms. The lowest BCUT2D eigenvalue weighted by atomic mass is 10.0. The number of fused-ring (bicyclic) bond motifs is 3. The second kappa shape index (κ2) is 16.4. The molecule has 0 amide bonds. The Bertz CT molecular complexity index is 1750. The average Bonchev–Trinajstić information content (AvgIpc) is 3.47. The van der Waals surface area contributed by atoms with Gasteiger partial charge in [-0.25, -0.2) is 0 Å². The number of aliphatic hydroxyl groups is 1. The van der Waals surface area contributed by atoms with Gasteiger partial charge in [0.1, 0.15) is 29.8 Å². The molecule has 0 bridgehead atoms. The number of hydrogen-bond donors (Lipinski definition) is 5. The van der Waals surface area contributed by atoms with Gasteiger partial charge in [-0.1, -0.05) is 95.2 Å². The molecule has 0 radical (unpaired) electrons. The quantitative estimate of drug-likeness (QED) is 0.0445. The first kappa shape index (κ1) is 33.2. The number of anilines is 3. The highest BCUT2D eigenvalue weighted by atomic mass is 16.5. The molecule has 5 aromatic rings. The van der Waals surface area contributed by atoms with Crippen LogP contribution in [0.4, 0.5) is 17.1 Å². The largest absolute Gasteiger partial charge is 0.490 e. The summed E-state index contributed by atoms with van der Waals surface area (Å²) in [4.78, 5) is 27.9. The number of unbranched alkanes of at least 4 members (excludes halogenated alkanes) is 7. The Kier molecular flexibility index (Phi) is 11.9. The van der Waals surface area contributed by atoms with Crippen molar-refractivity contribution >= 4 is 38.9 Å². The maximum Gasteiger partial charge on any atom is 0.253 e. The zero-order valence-electron chi connectivity index (χ0n) is 27.2. The number of aromatic amines is 1. The molecule has 0 aliphatic carbocycles. The SMILES string of the molecule is CCCCCCCCCCNc1c(Nc2ccc(C(CC)NC[C@H](O)COc3cccc4[nH]c5ccccc5c34)cc2)c(=O)c1=O. The van der Waals surface area contributed by atoms with Crippen LogP contribution in [0, 0.1) is 0 Å². The lowest BCUT2D eigenvalue weighted by Crippen LogP contribution is -2.36. The smallest absolute Gasteiger partial charge is 0.253 e. The molecule has 0 saturated carbocycles. The number of ether oxygens (including phenoxy) is 1. The fraction of sp³-hybridized carbons (Fsp3) is 0.421. The molecule has 4 aromatic carbocycles. The highest BCUT2D eigenvalue weighted by molar-refractivity contribution is 6.10. The van der Waals surface area contributed by atoms with Crippen molar-refractivity contribution in [3.8, 4) is 5.75 Å². The van der Waals surface area contributed by atoms with Crippen LogP contribution in [0.1, 0.15) is 83.2 Å². The van der Waals surface area contributed by atoms with Gasteiger partial charge < -0.3 is 30.8 Å². The molecule has 0 spiro atoms. The first-order chi connectivity index (χ1) is 22.5. The van der Waals surface area contributed by atoms with Crippen LogP contribution in [0.5, 0.6) is 5.75 Å². The summed E-state index contributed by atoms with van der Waals surface area (Å²) in [5.74, 6) is 0.748. The predicted octanol–water partition coefficient (Wildman–Crippen LogP) is 7.69. The molecular formula is C38H48N4O4. The zero-order valence-corrected chi connectivity index (χ0v) is 27.2. The third-order valence-electron chi connectivity index (χ3n) is 8.76. The van der Waals surface area contributed by atoms with Crippen molar-refractivity contribution < 1.29 is 9.84 Å². The summed E-state index contributed by atoms with van der Waals surface area (Å²) < 4.78 is 6.09. The van der Waals surface area contributed by atoms with E-state index < -0.39 is 17.0 Å². The second-order valence-corrected chi connectivity index (χ2v) is 12.2. The lowest BCUT2D eigenvalue weighted by molar-refractivity contribution is 0.104. The van der Waals surface area contributed by atoms with Crippen LogP contribution in [0.25, 0.3) is 21.8 Å². The number of aromatic nitrogens is 1. The molecule has 0 aliphatic heterocycles. The molecule has 1 heterocycles. The lowest BCUT2D eigenvalue weighted by Gasteiger charge is -2.21. The van der Waals surface area contributed by atoms with E-state index in [0.29, 0.717) is 24.5 Å². The van der Waals surface area contributed by atoms with Gasteiger partial charge in [0.15, 0.2) is 0 Å². The van der Waals surface area contributed by atoms with Crippen molar-refractivity contribution in [3.63, 3.8) is 0 Å². The van der Waals surface area contributed by atoms with Gasteiger partial charge >= 0.3 is 0 Å². The van der Waals surface area contributed by atoms with Crippen LogP contribution >= 0.6 is 0 Å². The monoisotopic (exact) mass is 624 g/mol. The van der Waals surface area contributed by atoms with Crippen molar-refractivity contribution in [2.75, 3.05) is 30.3 Å². The molecule has 5 N–H and O–H groups in total. The zero-order chi connectivity index (χ0) is 32.3. The van der Waals surface area contributed by atoms with Crippen molar-refractivity contribution in [1.29, 1.82) is 0 Å². The van der Waals surface area contributed by atoms with E-state index >= 15 is 0 Å². The summed E-state index contributed by atoms with van der Waals surface area (Å²) in [7, 11) is 0. The summed E-state index contributed by atoms with van der Waals surface area (Å²) in [6, 6.07) is 21.9. The Morgan fingerprint density at radius 2 is 1.48 bits per heavy atom. The normalized spacial score (nSPS) is 12.9. The van der Waals surface area contributed by atoms with E-state index in [2.05, 4.69) is 40.8 Å². The summed E-state index contributed by atoms with van der Waals surface area (Å²) in [5.41, 5.74) is 3.69. The number of benzene rings is 3. The van der Waals surface area contributed by atoms with Gasteiger partial charge in [0.05, 0.1) is 5.52 Å². The van der Waals surface area contributed by atoms with Crippen molar-refractivity contribution in [2.45, 2.75) is 83.8 Å². The Morgan fingerprint density at radius 1 is 0.783 bits per heavy atom. The van der Waals surface area contributed by atoms with Crippen LogP contribution in [0.15, 0.2) is 76.3 Å². The molecule has 0 aliphatic rings. The number of hydrogen-bond acceptors (Lipinski definition) is 7. The molecule has 8 nitrogen and oxygen atoms in total. The highest BCUT2D eigenvalue weighted by Crippen LogP contribution is 2.33. The molecule has 0 fully saturated rings. The number of rotatable bonds is 20. The van der Waals surface area contributed by atoms with E-state index in [-0.39, 0.29) is 12.6 Å². The Morgan fingerprint density at radius 3 is 2.24 bits per heavy atom. The molecule has 244 valence electrons. The number of H-pyrrole nitrogens is 1. The van der Waals surface area contributed by atoms with Crippen molar-refractivity contribution in [2.24, 2.45) is 0 Å². The van der Waals surface area contributed by atoms with E-state index in [4.69, 9.17) is 4.74 Å². The first-order valence-corrected chi connectivity index (χ1v) is 17.0. The summed E-state index contributed by atoms with van der Waals surface area (Å²) in [5, 5.41) is 22.7. The minimum atomic E-state index is -0.693. The number of para-hydroxylation sites is 1. The van der Waals surface area contributed by atoms with Crippen LogP contribution < -0.4 is 31.5 Å². The van der Waals surface area contributed by atoms with Crippen LogP contribution in [-0.4, -0.2) is 35.9 Å². The maximum atomic E-state index is 12.3. The highest BCUT2D eigenvalue weighted by Gasteiger charge is 2.21. The summed E-state index contributed by atoms with van der Waals surface area (Å²) in [6.45, 7) is 5.55. The molecule has 5 rings (SSSR count). The standard InChI is InChI=1S/C38H48N4O4/c1-3-5-6-7-8-9-10-13-23-39-35-36(38(45)37(35)44)41-27-21-19-26(20-22-27)30(4-2)40-24-28(43)25-46-33-18-14-17-32-34(33)29-15-11-12-16-31(29)42-32/h11-12,14-22,28,30,39-43H,3-10,13,23-25H2,1-2H3/t28-,30?/m0/s1. The van der Waals surface area contributed by atoms with E-state index in [9.17, 15) is 14.7 Å². The molecule has 2 atom stereocenters. The average molecular weight is 625 g/mol. The van der Waals surface area contributed by atoms with E-state index in [1.807, 2.05) is 60.7 Å². The predicted molar refractivity (Wildman–Crippen MR) is 191 cm³/mol. The number of aliphatic hydroxyl groups excluding tert-OH is 1. The van der Waals surface area contributed by atoms with E-state index in [1.54, 1.807) is 0 Å². The topological polar surface area (TPSA) is 115 Å². The maximum absolute atomic E-state index is 12.3. The fourth-order valence-corrected chi connectivity index (χ4v) is 6.10. The van der Waals surface area contributed by atoms with Crippen LogP contribution in [-0.2, 0) is 0 Å². The summed E-state index contributed by atoms with van der Waals surface area (Å²) >= 11 is 0. The Labute approximate surface area is 271 Å². The van der Waals surface area contributed by atoms with Gasteiger partial charge in [0.2, 0.25) is 0 Å². The van der Waals surface area contributed by atoms with Gasteiger partial charge in [0, 0.05) is 41.1 Å². The summed E-state index contributed by atoms with van der Waals surface area (Å²) in [6.07, 6.45) is 9.89. The van der Waals surface area contributed by atoms with Crippen molar-refractivity contribution in [3.05, 3.63) is 92.7 Å². The Balaban J connectivity index is 1.08. The van der Waals surface area contributed by atoms with Gasteiger partial charge in [-0.15, -0.1) is 0 Å². The molecular weight excluding hydrogens is 576 g/mol. The van der Waals surface area contributed by atoms with Crippen LogP contribution in [0.2, 0.25) is 0 Å². The fourth-order valence-electron chi connectivity index (χ4n) is 6.10. The third-order valence-corrected chi connectivity index (χ3v) is 8.76. The molecule has 1 aromatic heterocycles. The minimum absolute atomic E-state index is 0.0377. The minimum Gasteiger partial charge on any atom is -0.490 e. The molecule has 46 heavy (non-hydrogen) atoms. The Hall–Kier alpha value is -4.14. The second-order valence-electron chi connectivity index (χ2n) is 12.2. The first-order valence-electron chi connectivity index (χ1n) is 17.0. The number of nitrogens with one attached hydrogen (secondary N) is 4. The van der Waals surface area contributed by atoms with Crippen LogP contribution in [0.3, 0.4) is 0 Å². The van der Waals surface area contributed by atoms with E-state index in [0.717, 1.165) is 58.1 Å². The van der Waals surface area contributed by atoms with Gasteiger partial charge in [0.25, 0.3) is 10.9 Å². The van der Waals surface area contributed by atoms with Gasteiger partial charge in [-0.2, -0.15) is 0 Å². The third kappa shape index (κ3) is 8.17. The molecule has 1 unspecified atom stereocenters.